The van der Waals surface area contributed by atoms with Crippen molar-refractivity contribution in [3.8, 4) is 0 Å². The van der Waals surface area contributed by atoms with Gasteiger partial charge in [-0.05, 0) is 30.7 Å². The van der Waals surface area contributed by atoms with Gasteiger partial charge < -0.3 is 9.88 Å². The molecule has 0 atom stereocenters. The largest absolute Gasteiger partial charge is 0.354 e. The number of pyridine rings is 1. The van der Waals surface area contributed by atoms with Gasteiger partial charge in [-0.1, -0.05) is 11.6 Å². The van der Waals surface area contributed by atoms with Gasteiger partial charge in [-0.15, -0.1) is 0 Å². The molecular weight excluding hydrogens is 250 g/mol. The Labute approximate surface area is 111 Å². The molecule has 2 heterocycles. The fourth-order valence-corrected chi connectivity index (χ4v) is 1.73. The molecule has 2 rings (SSSR count). The molecule has 0 aliphatic rings. The quantitative estimate of drug-likeness (QED) is 0.843. The van der Waals surface area contributed by atoms with E-state index in [1.165, 1.54) is 0 Å². The Balaban J connectivity index is 1.73. The number of aromatic nitrogens is 2. The van der Waals surface area contributed by atoms with E-state index in [9.17, 15) is 4.79 Å². The standard InChI is InChI=1S/C13H14ClN3O/c14-12-6-5-11(10-15-12)16-13(18)4-3-9-17-7-1-2-8-17/h1-2,5-8,10H,3-4,9H2,(H,16,18). The van der Waals surface area contributed by atoms with Crippen LogP contribution in [0.5, 0.6) is 0 Å². The molecule has 0 aliphatic carbocycles. The first-order valence-corrected chi connectivity index (χ1v) is 6.14. The van der Waals surface area contributed by atoms with E-state index in [1.54, 1.807) is 18.3 Å². The molecule has 2 aromatic heterocycles. The topological polar surface area (TPSA) is 46.9 Å². The summed E-state index contributed by atoms with van der Waals surface area (Å²) >= 11 is 5.66. The smallest absolute Gasteiger partial charge is 0.224 e. The van der Waals surface area contributed by atoms with Gasteiger partial charge >= 0.3 is 0 Å². The number of hydrogen-bond acceptors (Lipinski definition) is 2. The first-order chi connectivity index (χ1) is 8.74. The van der Waals surface area contributed by atoms with Crippen molar-refractivity contribution in [1.29, 1.82) is 0 Å². The summed E-state index contributed by atoms with van der Waals surface area (Å²) in [7, 11) is 0. The van der Waals surface area contributed by atoms with Gasteiger partial charge in [0.25, 0.3) is 0 Å². The maximum atomic E-state index is 11.6. The Hall–Kier alpha value is -1.81. The summed E-state index contributed by atoms with van der Waals surface area (Å²) in [5.41, 5.74) is 0.672. The molecule has 0 bridgehead atoms. The van der Waals surface area contributed by atoms with Crippen molar-refractivity contribution in [3.63, 3.8) is 0 Å². The van der Waals surface area contributed by atoms with Crippen molar-refractivity contribution in [1.82, 2.24) is 9.55 Å². The number of nitrogens with one attached hydrogen (secondary N) is 1. The first-order valence-electron chi connectivity index (χ1n) is 5.76. The van der Waals surface area contributed by atoms with Crippen LogP contribution in [0, 0.1) is 0 Å². The monoisotopic (exact) mass is 263 g/mol. The highest BCUT2D eigenvalue weighted by Gasteiger charge is 2.02. The molecule has 1 N–H and O–H groups in total. The van der Waals surface area contributed by atoms with E-state index in [4.69, 9.17) is 11.6 Å². The van der Waals surface area contributed by atoms with Crippen molar-refractivity contribution in [3.05, 3.63) is 48.0 Å². The summed E-state index contributed by atoms with van der Waals surface area (Å²) in [6.07, 6.45) is 6.82. The van der Waals surface area contributed by atoms with Crippen LogP contribution in [0.4, 0.5) is 5.69 Å². The number of carbonyl (C=O) groups excluding carboxylic acids is 1. The third-order valence-corrected chi connectivity index (χ3v) is 2.72. The number of aryl methyl sites for hydroxylation is 1. The van der Waals surface area contributed by atoms with E-state index in [2.05, 4.69) is 14.9 Å². The Morgan fingerprint density at radius 1 is 1.33 bits per heavy atom. The van der Waals surface area contributed by atoms with Crippen LogP contribution < -0.4 is 5.32 Å². The number of nitrogens with zero attached hydrogens (tertiary/aromatic N) is 2. The lowest BCUT2D eigenvalue weighted by Crippen LogP contribution is -2.12. The molecule has 0 aliphatic heterocycles. The second-order valence-electron chi connectivity index (χ2n) is 3.94. The summed E-state index contributed by atoms with van der Waals surface area (Å²) in [5.74, 6) is -0.00808. The number of halogens is 1. The number of hydrogen-bond donors (Lipinski definition) is 1. The van der Waals surface area contributed by atoms with Gasteiger partial charge in [0.1, 0.15) is 5.15 Å². The summed E-state index contributed by atoms with van der Waals surface area (Å²) in [6, 6.07) is 7.33. The average molecular weight is 264 g/mol. The molecule has 5 heteroatoms. The highest BCUT2D eigenvalue weighted by Crippen LogP contribution is 2.10. The van der Waals surface area contributed by atoms with Gasteiger partial charge in [0.2, 0.25) is 5.91 Å². The Morgan fingerprint density at radius 2 is 2.11 bits per heavy atom. The molecule has 18 heavy (non-hydrogen) atoms. The van der Waals surface area contributed by atoms with Crippen LogP contribution in [0.3, 0.4) is 0 Å². The SMILES string of the molecule is O=C(CCCn1cccc1)Nc1ccc(Cl)nc1. The zero-order chi connectivity index (χ0) is 12.8. The number of anilines is 1. The minimum absolute atomic E-state index is 0.00808. The van der Waals surface area contributed by atoms with E-state index in [0.717, 1.165) is 13.0 Å². The molecule has 0 radical (unpaired) electrons. The second kappa shape index (κ2) is 6.21. The third-order valence-electron chi connectivity index (χ3n) is 2.50. The fourth-order valence-electron chi connectivity index (χ4n) is 1.61. The normalized spacial score (nSPS) is 10.3. The lowest BCUT2D eigenvalue weighted by atomic mass is 10.3. The molecule has 1 amide bonds. The van der Waals surface area contributed by atoms with E-state index >= 15 is 0 Å². The van der Waals surface area contributed by atoms with Crippen LogP contribution >= 0.6 is 11.6 Å². The maximum absolute atomic E-state index is 11.6. The van der Waals surface area contributed by atoms with E-state index in [0.29, 0.717) is 17.3 Å². The average Bonchev–Trinajstić information content (AvgIpc) is 2.85. The molecule has 0 aromatic carbocycles. The van der Waals surface area contributed by atoms with Crippen molar-refractivity contribution in [2.24, 2.45) is 0 Å². The maximum Gasteiger partial charge on any atom is 0.224 e. The Kier molecular flexibility index (Phi) is 4.36. The molecule has 0 saturated carbocycles. The molecular formula is C13H14ClN3O. The predicted octanol–water partition coefficient (Wildman–Crippen LogP) is 2.96. The van der Waals surface area contributed by atoms with Gasteiger partial charge in [0.15, 0.2) is 0 Å². The third kappa shape index (κ3) is 3.89. The summed E-state index contributed by atoms with van der Waals surface area (Å²) in [4.78, 5) is 15.5. The fraction of sp³-hybridized carbons (Fsp3) is 0.231. The first kappa shape index (κ1) is 12.6. The van der Waals surface area contributed by atoms with Gasteiger partial charge in [0, 0.05) is 25.4 Å². The zero-order valence-corrected chi connectivity index (χ0v) is 10.6. The van der Waals surface area contributed by atoms with E-state index in [1.807, 2.05) is 24.5 Å². The van der Waals surface area contributed by atoms with Crippen LogP contribution in [0.2, 0.25) is 5.15 Å². The predicted molar refractivity (Wildman–Crippen MR) is 71.5 cm³/mol. The molecule has 2 aromatic rings. The summed E-state index contributed by atoms with van der Waals surface area (Å²) in [5, 5.41) is 3.20. The van der Waals surface area contributed by atoms with Gasteiger partial charge in [0.05, 0.1) is 11.9 Å². The number of rotatable bonds is 5. The highest BCUT2D eigenvalue weighted by atomic mass is 35.5. The van der Waals surface area contributed by atoms with Gasteiger partial charge in [-0.2, -0.15) is 0 Å². The summed E-state index contributed by atoms with van der Waals surface area (Å²) in [6.45, 7) is 0.847. The number of carbonyl (C=O) groups is 1. The van der Waals surface area contributed by atoms with Crippen molar-refractivity contribution in [2.75, 3.05) is 5.32 Å². The highest BCUT2D eigenvalue weighted by molar-refractivity contribution is 6.29. The molecule has 0 saturated heterocycles. The van der Waals surface area contributed by atoms with Crippen LogP contribution in [0.15, 0.2) is 42.9 Å². The molecule has 0 spiro atoms. The number of amides is 1. The molecule has 0 fully saturated rings. The van der Waals surface area contributed by atoms with Crippen LogP contribution in [-0.4, -0.2) is 15.5 Å². The summed E-state index contributed by atoms with van der Waals surface area (Å²) < 4.78 is 2.05. The molecule has 94 valence electrons. The van der Waals surface area contributed by atoms with Crippen molar-refractivity contribution < 1.29 is 4.79 Å². The lowest BCUT2D eigenvalue weighted by Gasteiger charge is -2.05. The zero-order valence-electron chi connectivity index (χ0n) is 9.84. The minimum atomic E-state index is -0.00808. The Bertz CT molecular complexity index is 493. The van der Waals surface area contributed by atoms with Gasteiger partial charge in [-0.3, -0.25) is 4.79 Å². The second-order valence-corrected chi connectivity index (χ2v) is 4.33. The van der Waals surface area contributed by atoms with E-state index in [-0.39, 0.29) is 5.91 Å². The van der Waals surface area contributed by atoms with Crippen molar-refractivity contribution >= 4 is 23.2 Å². The van der Waals surface area contributed by atoms with E-state index < -0.39 is 0 Å². The molecule has 4 nitrogen and oxygen atoms in total. The van der Waals surface area contributed by atoms with Crippen LogP contribution in [0.25, 0.3) is 0 Å². The lowest BCUT2D eigenvalue weighted by molar-refractivity contribution is -0.116. The molecule has 0 unspecified atom stereocenters. The van der Waals surface area contributed by atoms with Crippen molar-refractivity contribution in [2.45, 2.75) is 19.4 Å². The Morgan fingerprint density at radius 3 is 2.78 bits per heavy atom. The van der Waals surface area contributed by atoms with Crippen LogP contribution in [-0.2, 0) is 11.3 Å². The van der Waals surface area contributed by atoms with Gasteiger partial charge in [-0.25, -0.2) is 4.98 Å². The van der Waals surface area contributed by atoms with Crippen LogP contribution in [0.1, 0.15) is 12.8 Å². The minimum Gasteiger partial charge on any atom is -0.354 e.